The summed E-state index contributed by atoms with van der Waals surface area (Å²) < 4.78 is 0. The Kier molecular flexibility index (Phi) is 5.69. The molecule has 1 aromatic carbocycles. The Bertz CT molecular complexity index is 664. The van der Waals surface area contributed by atoms with Crippen LogP contribution >= 0.6 is 11.6 Å². The van der Waals surface area contributed by atoms with Crippen molar-refractivity contribution < 1.29 is 0 Å². The lowest BCUT2D eigenvalue weighted by molar-refractivity contribution is 0.389. The van der Waals surface area contributed by atoms with Crippen molar-refractivity contribution >= 4 is 17.4 Å². The number of aromatic nitrogens is 2. The number of piperidine rings is 1. The Balaban J connectivity index is 1.81. The van der Waals surface area contributed by atoms with E-state index in [4.69, 9.17) is 21.6 Å². The van der Waals surface area contributed by atoms with E-state index in [9.17, 15) is 0 Å². The van der Waals surface area contributed by atoms with Crippen LogP contribution in [0.3, 0.4) is 0 Å². The molecule has 0 spiro atoms. The van der Waals surface area contributed by atoms with Crippen LogP contribution in [0.1, 0.15) is 38.3 Å². The molecule has 5 heteroatoms. The van der Waals surface area contributed by atoms with Gasteiger partial charge in [-0.1, -0.05) is 25.4 Å². The van der Waals surface area contributed by atoms with Crippen molar-refractivity contribution in [3.05, 3.63) is 41.0 Å². The van der Waals surface area contributed by atoms with Gasteiger partial charge in [0.05, 0.1) is 0 Å². The second-order valence-electron chi connectivity index (χ2n) is 6.74. The van der Waals surface area contributed by atoms with Crippen molar-refractivity contribution in [2.75, 3.05) is 25.0 Å². The van der Waals surface area contributed by atoms with Gasteiger partial charge in [-0.05, 0) is 62.0 Å². The predicted molar refractivity (Wildman–Crippen MR) is 101 cm³/mol. The summed E-state index contributed by atoms with van der Waals surface area (Å²) in [6.07, 6.45) is 2.44. The first kappa shape index (κ1) is 17.2. The van der Waals surface area contributed by atoms with Crippen molar-refractivity contribution in [3.63, 3.8) is 0 Å². The summed E-state index contributed by atoms with van der Waals surface area (Å²) in [7, 11) is 0. The highest BCUT2D eigenvalue weighted by Crippen LogP contribution is 2.23. The van der Waals surface area contributed by atoms with Gasteiger partial charge >= 0.3 is 0 Å². The fourth-order valence-electron chi connectivity index (χ4n) is 2.92. The van der Waals surface area contributed by atoms with Crippen LogP contribution in [-0.4, -0.2) is 29.6 Å². The molecular weight excluding hydrogens is 320 g/mol. The number of anilines is 1. The second-order valence-corrected chi connectivity index (χ2v) is 7.17. The van der Waals surface area contributed by atoms with Crippen molar-refractivity contribution in [2.24, 2.45) is 5.92 Å². The molecule has 2 N–H and O–H groups in total. The third kappa shape index (κ3) is 4.46. The average molecular weight is 345 g/mol. The minimum Gasteiger partial charge on any atom is -0.370 e. The van der Waals surface area contributed by atoms with E-state index in [0.717, 1.165) is 47.6 Å². The Morgan fingerprint density at radius 2 is 1.88 bits per heavy atom. The number of benzene rings is 1. The minimum atomic E-state index is 0.360. The second kappa shape index (κ2) is 7.95. The summed E-state index contributed by atoms with van der Waals surface area (Å²) in [5, 5.41) is 7.66. The Labute approximate surface area is 149 Å². The van der Waals surface area contributed by atoms with Crippen molar-refractivity contribution in [3.8, 4) is 11.4 Å². The maximum Gasteiger partial charge on any atom is 0.161 e. The Morgan fingerprint density at radius 1 is 1.17 bits per heavy atom. The van der Waals surface area contributed by atoms with Gasteiger partial charge in [0.25, 0.3) is 0 Å². The molecule has 24 heavy (non-hydrogen) atoms. The van der Waals surface area contributed by atoms with Gasteiger partial charge in [0.2, 0.25) is 0 Å². The number of nitrogens with zero attached hydrogens (tertiary/aromatic N) is 2. The Morgan fingerprint density at radius 3 is 2.54 bits per heavy atom. The number of hydrogen-bond donors (Lipinski definition) is 2. The quantitative estimate of drug-likeness (QED) is 0.847. The maximum absolute atomic E-state index is 5.99. The summed E-state index contributed by atoms with van der Waals surface area (Å²) in [6, 6.07) is 9.77. The molecule has 1 aromatic heterocycles. The van der Waals surface area contributed by atoms with E-state index in [-0.39, 0.29) is 0 Å². The van der Waals surface area contributed by atoms with Crippen LogP contribution < -0.4 is 10.6 Å². The van der Waals surface area contributed by atoms with E-state index in [2.05, 4.69) is 30.5 Å². The van der Waals surface area contributed by atoms with E-state index in [1.54, 1.807) is 0 Å². The molecule has 2 aromatic rings. The van der Waals surface area contributed by atoms with E-state index in [1.165, 1.54) is 12.8 Å². The van der Waals surface area contributed by atoms with Gasteiger partial charge in [-0.2, -0.15) is 0 Å². The van der Waals surface area contributed by atoms with E-state index < -0.39 is 0 Å². The largest absolute Gasteiger partial charge is 0.370 e. The van der Waals surface area contributed by atoms with Crippen LogP contribution in [0.5, 0.6) is 0 Å². The van der Waals surface area contributed by atoms with Crippen molar-refractivity contribution in [2.45, 2.75) is 32.6 Å². The summed E-state index contributed by atoms with van der Waals surface area (Å²) in [5.74, 6) is 2.74. The summed E-state index contributed by atoms with van der Waals surface area (Å²) in [4.78, 5) is 9.44. The first-order chi connectivity index (χ1) is 11.6. The normalized spacial score (nSPS) is 15.7. The van der Waals surface area contributed by atoms with Gasteiger partial charge in [0.15, 0.2) is 5.82 Å². The van der Waals surface area contributed by atoms with Gasteiger partial charge < -0.3 is 10.6 Å². The zero-order valence-electron chi connectivity index (χ0n) is 14.3. The van der Waals surface area contributed by atoms with E-state index >= 15 is 0 Å². The van der Waals surface area contributed by atoms with Gasteiger partial charge in [-0.3, -0.25) is 0 Å². The van der Waals surface area contributed by atoms with Crippen molar-refractivity contribution in [1.29, 1.82) is 0 Å². The first-order valence-corrected chi connectivity index (χ1v) is 9.09. The third-order valence-corrected chi connectivity index (χ3v) is 4.72. The van der Waals surface area contributed by atoms with Crippen LogP contribution in [0.2, 0.25) is 5.02 Å². The van der Waals surface area contributed by atoms with Gasteiger partial charge in [0.1, 0.15) is 5.82 Å². The molecule has 1 aliphatic rings. The molecule has 0 unspecified atom stereocenters. The molecular formula is C19H25ClN4. The fourth-order valence-corrected chi connectivity index (χ4v) is 3.04. The maximum atomic E-state index is 5.99. The molecule has 1 aliphatic heterocycles. The molecule has 0 saturated carbocycles. The minimum absolute atomic E-state index is 0.360. The summed E-state index contributed by atoms with van der Waals surface area (Å²) >= 11 is 5.99. The standard InChI is InChI=1S/C19H25ClN4/c1-13(2)17-11-18(22-12-14-7-9-21-10-8-14)24-19(23-17)15-3-5-16(20)6-4-15/h3-6,11,13-14,21H,7-10,12H2,1-2H3,(H,22,23,24). The lowest BCUT2D eigenvalue weighted by Gasteiger charge is -2.23. The van der Waals surface area contributed by atoms with Gasteiger partial charge in [0, 0.05) is 28.9 Å². The molecule has 2 heterocycles. The highest BCUT2D eigenvalue weighted by atomic mass is 35.5. The third-order valence-electron chi connectivity index (χ3n) is 4.47. The zero-order valence-corrected chi connectivity index (χ0v) is 15.1. The molecule has 0 bridgehead atoms. The molecule has 0 atom stereocenters. The van der Waals surface area contributed by atoms with Crippen LogP contribution in [0.4, 0.5) is 5.82 Å². The average Bonchev–Trinajstić information content (AvgIpc) is 2.61. The highest BCUT2D eigenvalue weighted by Gasteiger charge is 2.14. The smallest absolute Gasteiger partial charge is 0.161 e. The van der Waals surface area contributed by atoms with Crippen LogP contribution in [0, 0.1) is 5.92 Å². The lowest BCUT2D eigenvalue weighted by Crippen LogP contribution is -2.31. The lowest BCUT2D eigenvalue weighted by atomic mass is 9.98. The highest BCUT2D eigenvalue weighted by molar-refractivity contribution is 6.30. The summed E-state index contributed by atoms with van der Waals surface area (Å²) in [5.41, 5.74) is 2.05. The SMILES string of the molecule is CC(C)c1cc(NCC2CCNCC2)nc(-c2ccc(Cl)cc2)n1. The Hall–Kier alpha value is -1.65. The number of nitrogens with one attached hydrogen (secondary N) is 2. The van der Waals surface area contributed by atoms with Gasteiger partial charge in [-0.25, -0.2) is 9.97 Å². The number of rotatable bonds is 5. The molecule has 1 saturated heterocycles. The molecule has 0 amide bonds. The molecule has 128 valence electrons. The van der Waals surface area contributed by atoms with Crippen molar-refractivity contribution in [1.82, 2.24) is 15.3 Å². The topological polar surface area (TPSA) is 49.8 Å². The molecule has 3 rings (SSSR count). The van der Waals surface area contributed by atoms with E-state index in [1.807, 2.05) is 24.3 Å². The van der Waals surface area contributed by atoms with Crippen LogP contribution in [0.15, 0.2) is 30.3 Å². The molecule has 1 fully saturated rings. The number of halogens is 1. The number of hydrogen-bond acceptors (Lipinski definition) is 4. The molecule has 4 nitrogen and oxygen atoms in total. The first-order valence-electron chi connectivity index (χ1n) is 8.71. The monoisotopic (exact) mass is 344 g/mol. The van der Waals surface area contributed by atoms with E-state index in [0.29, 0.717) is 11.8 Å². The zero-order chi connectivity index (χ0) is 16.9. The van der Waals surface area contributed by atoms with Crippen LogP contribution in [0.25, 0.3) is 11.4 Å². The predicted octanol–water partition coefficient (Wildman–Crippen LogP) is 4.33. The molecule has 0 radical (unpaired) electrons. The van der Waals surface area contributed by atoms with Gasteiger partial charge in [-0.15, -0.1) is 0 Å². The van der Waals surface area contributed by atoms with Crippen LogP contribution in [-0.2, 0) is 0 Å². The molecule has 0 aliphatic carbocycles. The fraction of sp³-hybridized carbons (Fsp3) is 0.474. The summed E-state index contributed by atoms with van der Waals surface area (Å²) in [6.45, 7) is 7.51.